The van der Waals surface area contributed by atoms with Gasteiger partial charge < -0.3 is 18.9 Å². The summed E-state index contributed by atoms with van der Waals surface area (Å²) in [5.74, 6) is -0.788. The van der Waals surface area contributed by atoms with E-state index in [1.54, 1.807) is 0 Å². The van der Waals surface area contributed by atoms with Crippen LogP contribution < -0.4 is 0 Å². The van der Waals surface area contributed by atoms with Gasteiger partial charge in [-0.1, -0.05) is 304 Å². The van der Waals surface area contributed by atoms with Crippen LogP contribution >= 0.6 is 7.82 Å². The molecular formula is C74H133NO8P+. The molecular weight excluding hydrogens is 1060 g/mol. The maximum absolute atomic E-state index is 12.9. The van der Waals surface area contributed by atoms with Crippen molar-refractivity contribution in [2.75, 3.05) is 47.5 Å². The molecule has 0 aromatic carbocycles. The van der Waals surface area contributed by atoms with E-state index in [4.69, 9.17) is 18.5 Å². The van der Waals surface area contributed by atoms with Crippen molar-refractivity contribution in [1.29, 1.82) is 0 Å². The fourth-order valence-corrected chi connectivity index (χ4v) is 10.6. The summed E-state index contributed by atoms with van der Waals surface area (Å²) in [6, 6.07) is 0. The lowest BCUT2D eigenvalue weighted by Gasteiger charge is -2.24. The van der Waals surface area contributed by atoms with Gasteiger partial charge in [0.15, 0.2) is 6.10 Å². The van der Waals surface area contributed by atoms with Crippen LogP contribution in [0.2, 0.25) is 0 Å². The fourth-order valence-electron chi connectivity index (χ4n) is 9.83. The normalized spacial score (nSPS) is 13.7. The molecule has 0 spiro atoms. The summed E-state index contributed by atoms with van der Waals surface area (Å²) in [5, 5.41) is 0. The number of carbonyl (C=O) groups is 2. The summed E-state index contributed by atoms with van der Waals surface area (Å²) in [4.78, 5) is 35.9. The second-order valence-corrected chi connectivity index (χ2v) is 26.0. The van der Waals surface area contributed by atoms with E-state index in [9.17, 15) is 19.0 Å². The number of esters is 2. The number of carbonyl (C=O) groups excluding carboxylic acids is 2. The second kappa shape index (κ2) is 64.4. The van der Waals surface area contributed by atoms with Crippen LogP contribution in [0.1, 0.15) is 309 Å². The van der Waals surface area contributed by atoms with Gasteiger partial charge in [-0.05, 0) is 89.9 Å². The van der Waals surface area contributed by atoms with Gasteiger partial charge in [-0.3, -0.25) is 18.6 Å². The van der Waals surface area contributed by atoms with Gasteiger partial charge in [0.2, 0.25) is 0 Å². The van der Waals surface area contributed by atoms with Gasteiger partial charge >= 0.3 is 19.8 Å². The monoisotopic (exact) mass is 1190 g/mol. The third-order valence-electron chi connectivity index (χ3n) is 15.1. The van der Waals surface area contributed by atoms with Crippen LogP contribution in [0.3, 0.4) is 0 Å². The smallest absolute Gasteiger partial charge is 0.462 e. The van der Waals surface area contributed by atoms with Gasteiger partial charge in [0, 0.05) is 12.8 Å². The third-order valence-corrected chi connectivity index (χ3v) is 16.1. The van der Waals surface area contributed by atoms with Crippen molar-refractivity contribution >= 4 is 19.8 Å². The molecule has 0 bridgehead atoms. The zero-order valence-electron chi connectivity index (χ0n) is 55.4. The third kappa shape index (κ3) is 68.0. The Kier molecular flexibility index (Phi) is 62.1. The highest BCUT2D eigenvalue weighted by atomic mass is 31.2. The first-order valence-corrected chi connectivity index (χ1v) is 36.5. The topological polar surface area (TPSA) is 108 Å². The number of ether oxygens (including phenoxy) is 2. The van der Waals surface area contributed by atoms with Crippen LogP contribution in [0.15, 0.2) is 97.2 Å². The molecule has 0 aliphatic carbocycles. The molecule has 84 heavy (non-hydrogen) atoms. The van der Waals surface area contributed by atoms with Crippen molar-refractivity contribution in [3.63, 3.8) is 0 Å². The zero-order chi connectivity index (χ0) is 61.2. The lowest BCUT2D eigenvalue weighted by molar-refractivity contribution is -0.870. The highest BCUT2D eigenvalue weighted by Gasteiger charge is 2.27. The van der Waals surface area contributed by atoms with Crippen molar-refractivity contribution in [2.45, 2.75) is 315 Å². The standard InChI is InChI=1S/C74H132NO8P/c1-6-8-10-12-14-16-18-20-22-24-26-28-30-32-34-35-36-37-38-39-41-43-45-47-49-51-53-55-57-59-61-63-65-67-74(77)83-72(71-82-84(78,79)81-69-68-75(3,4)5)70-80-73(76)66-64-62-60-58-56-54-52-50-48-46-44-42-40-33-31-29-27-25-23-21-19-17-15-13-11-9-7-2/h8-11,14-17,20-23,26-29,72H,6-7,12-13,18-19,24-25,30-71H2,1-5H3/p+1/b10-8-,11-9-,16-14-,17-15-,22-20-,23-21-,28-26-,29-27-. The lowest BCUT2D eigenvalue weighted by Crippen LogP contribution is -2.37. The first kappa shape index (κ1) is 80.9. The van der Waals surface area contributed by atoms with E-state index in [-0.39, 0.29) is 32.0 Å². The summed E-state index contributed by atoms with van der Waals surface area (Å²) >= 11 is 0. The van der Waals surface area contributed by atoms with Crippen LogP contribution in [-0.4, -0.2) is 74.9 Å². The van der Waals surface area contributed by atoms with Crippen LogP contribution in [0, 0.1) is 0 Å². The largest absolute Gasteiger partial charge is 0.472 e. The lowest BCUT2D eigenvalue weighted by atomic mass is 10.0. The minimum absolute atomic E-state index is 0.0303. The molecule has 0 amide bonds. The predicted octanol–water partition coefficient (Wildman–Crippen LogP) is 22.7. The van der Waals surface area contributed by atoms with E-state index in [1.165, 1.54) is 193 Å². The molecule has 486 valence electrons. The van der Waals surface area contributed by atoms with Crippen molar-refractivity contribution in [3.8, 4) is 0 Å². The number of phosphoric acid groups is 1. The number of nitrogens with zero attached hydrogens (tertiary/aromatic N) is 1. The second-order valence-electron chi connectivity index (χ2n) is 24.5. The van der Waals surface area contributed by atoms with E-state index in [1.807, 2.05) is 21.1 Å². The van der Waals surface area contributed by atoms with Crippen molar-refractivity contribution in [1.82, 2.24) is 0 Å². The Hall–Kier alpha value is -3.07. The van der Waals surface area contributed by atoms with E-state index < -0.39 is 26.5 Å². The molecule has 0 aliphatic rings. The van der Waals surface area contributed by atoms with Gasteiger partial charge in [0.1, 0.15) is 19.8 Å². The fraction of sp³-hybridized carbons (Fsp3) is 0.757. The highest BCUT2D eigenvalue weighted by molar-refractivity contribution is 7.47. The molecule has 0 heterocycles. The van der Waals surface area contributed by atoms with Crippen molar-refractivity contribution in [2.24, 2.45) is 0 Å². The number of phosphoric ester groups is 1. The maximum Gasteiger partial charge on any atom is 0.472 e. The first-order valence-electron chi connectivity index (χ1n) is 35.0. The zero-order valence-corrected chi connectivity index (χ0v) is 56.3. The van der Waals surface area contributed by atoms with Crippen LogP contribution in [0.25, 0.3) is 0 Å². The summed E-state index contributed by atoms with van der Waals surface area (Å²) in [5.41, 5.74) is 0. The SMILES string of the molecule is CC/C=C\C/C=C\C/C=C\C/C=C\CCCCCCCCCCCCCCCCCCCCCCC(=O)OC(COC(=O)CCCCCCCCCCCCCCCC/C=C\C/C=C\C/C=C\C/C=C\CC)COP(=O)(O)OCC[N+](C)(C)C. The van der Waals surface area contributed by atoms with Gasteiger partial charge in [0.05, 0.1) is 27.7 Å². The molecule has 1 N–H and O–H groups in total. The molecule has 0 saturated carbocycles. The maximum atomic E-state index is 12.9. The van der Waals surface area contributed by atoms with Gasteiger partial charge in [-0.2, -0.15) is 0 Å². The minimum Gasteiger partial charge on any atom is -0.462 e. The molecule has 0 saturated heterocycles. The Morgan fingerprint density at radius 2 is 0.643 bits per heavy atom. The molecule has 9 nitrogen and oxygen atoms in total. The number of allylic oxidation sites excluding steroid dienone is 16. The van der Waals surface area contributed by atoms with Crippen LogP contribution in [0.4, 0.5) is 0 Å². The number of unbranched alkanes of at least 4 members (excludes halogenated alkanes) is 34. The number of rotatable bonds is 64. The predicted molar refractivity (Wildman–Crippen MR) is 362 cm³/mol. The van der Waals surface area contributed by atoms with Crippen molar-refractivity contribution in [3.05, 3.63) is 97.2 Å². The molecule has 0 rings (SSSR count). The molecule has 10 heteroatoms. The number of hydrogen-bond acceptors (Lipinski definition) is 7. The summed E-state index contributed by atoms with van der Waals surface area (Å²) in [6.07, 6.45) is 89.4. The van der Waals surface area contributed by atoms with Gasteiger partial charge in [0.25, 0.3) is 0 Å². The summed E-state index contributed by atoms with van der Waals surface area (Å²) < 4.78 is 34.7. The van der Waals surface area contributed by atoms with Gasteiger partial charge in [-0.15, -0.1) is 0 Å². The molecule has 0 aromatic rings. The highest BCUT2D eigenvalue weighted by Crippen LogP contribution is 2.43. The Bertz CT molecular complexity index is 1740. The first-order chi connectivity index (χ1) is 41.0. The van der Waals surface area contributed by atoms with Crippen LogP contribution in [0.5, 0.6) is 0 Å². The van der Waals surface area contributed by atoms with E-state index in [0.29, 0.717) is 17.4 Å². The Labute approximate surface area is 519 Å². The minimum atomic E-state index is -4.39. The number of hydrogen-bond donors (Lipinski definition) is 1. The average molecular weight is 1200 g/mol. The number of likely N-dealkylation sites (N-methyl/N-ethyl adjacent to an activating group) is 1. The van der Waals surface area contributed by atoms with Crippen LogP contribution in [-0.2, 0) is 32.7 Å². The van der Waals surface area contributed by atoms with Gasteiger partial charge in [-0.25, -0.2) is 4.57 Å². The summed E-state index contributed by atoms with van der Waals surface area (Å²) in [7, 11) is 1.48. The molecule has 0 fully saturated rings. The molecule has 0 aliphatic heterocycles. The average Bonchev–Trinajstić information content (AvgIpc) is 3.61. The molecule has 2 unspecified atom stereocenters. The molecule has 2 atom stereocenters. The Balaban J connectivity index is 4.02. The summed E-state index contributed by atoms with van der Waals surface area (Å²) in [6.45, 7) is 4.25. The Morgan fingerprint density at radius 1 is 0.369 bits per heavy atom. The number of quaternary nitrogens is 1. The molecule has 0 radical (unpaired) electrons. The Morgan fingerprint density at radius 3 is 0.952 bits per heavy atom. The molecule has 0 aromatic heterocycles. The van der Waals surface area contributed by atoms with Crippen molar-refractivity contribution < 1.29 is 42.1 Å². The van der Waals surface area contributed by atoms with E-state index in [0.717, 1.165) is 83.5 Å². The quantitative estimate of drug-likeness (QED) is 0.0211. The van der Waals surface area contributed by atoms with E-state index in [2.05, 4.69) is 111 Å². The van der Waals surface area contributed by atoms with E-state index >= 15 is 0 Å².